The number of amides is 1. The number of rotatable bonds is 6. The molecular weight excluding hydrogens is 384 g/mol. The fraction of sp³-hybridized carbons (Fsp3) is 0.304. The predicted octanol–water partition coefficient (Wildman–Crippen LogP) is 4.98. The Morgan fingerprint density at radius 1 is 1.17 bits per heavy atom. The molecule has 1 saturated heterocycles. The normalized spacial score (nSPS) is 19.7. The van der Waals surface area contributed by atoms with Crippen LogP contribution in [-0.4, -0.2) is 42.3 Å². The van der Waals surface area contributed by atoms with Crippen LogP contribution in [0, 0.1) is 0 Å². The molecule has 0 spiro atoms. The van der Waals surface area contributed by atoms with Crippen LogP contribution >= 0.6 is 11.8 Å². The number of carbonyl (C=O) groups is 1. The van der Waals surface area contributed by atoms with Gasteiger partial charge >= 0.3 is 6.09 Å². The van der Waals surface area contributed by atoms with Gasteiger partial charge in [-0.3, -0.25) is 4.99 Å². The van der Waals surface area contributed by atoms with Crippen molar-refractivity contribution in [3.05, 3.63) is 70.6 Å². The van der Waals surface area contributed by atoms with Gasteiger partial charge in [0.25, 0.3) is 0 Å². The maximum atomic E-state index is 12.5. The second-order valence-electron chi connectivity index (χ2n) is 7.04. The number of thioether (sulfide) groups is 1. The maximum absolute atomic E-state index is 12.5. The summed E-state index contributed by atoms with van der Waals surface area (Å²) in [6, 6.07) is 17.8. The summed E-state index contributed by atoms with van der Waals surface area (Å²) in [5.41, 5.74) is 2.12. The molecule has 1 amide bonds. The Morgan fingerprint density at radius 3 is 2.76 bits per heavy atom. The zero-order valence-electron chi connectivity index (χ0n) is 16.2. The lowest BCUT2D eigenvalue weighted by molar-refractivity contribution is 0.0824. The molecule has 0 aromatic heterocycles. The fourth-order valence-corrected chi connectivity index (χ4v) is 4.09. The van der Waals surface area contributed by atoms with E-state index < -0.39 is 0 Å². The zero-order valence-corrected chi connectivity index (χ0v) is 17.0. The van der Waals surface area contributed by atoms with E-state index in [0.29, 0.717) is 19.8 Å². The maximum Gasteiger partial charge on any atom is 0.410 e. The third-order valence-corrected chi connectivity index (χ3v) is 5.81. The van der Waals surface area contributed by atoms with Crippen LogP contribution < -0.4 is 4.74 Å². The second-order valence-corrected chi connectivity index (χ2v) is 8.06. The third kappa shape index (κ3) is 5.41. The van der Waals surface area contributed by atoms with Crippen LogP contribution in [0.5, 0.6) is 5.75 Å². The first kappa shape index (κ1) is 19.6. The highest BCUT2D eigenvalue weighted by Gasteiger charge is 2.30. The molecular formula is C23H24N2O3S. The molecule has 1 fully saturated rings. The number of aliphatic imine (C=N–C) groups is 1. The van der Waals surface area contributed by atoms with Gasteiger partial charge in [-0.15, -0.1) is 11.8 Å². The molecule has 0 saturated carbocycles. The molecule has 0 N–H and O–H groups in total. The van der Waals surface area contributed by atoms with Crippen molar-refractivity contribution in [1.29, 1.82) is 0 Å². The zero-order chi connectivity index (χ0) is 19.9. The molecule has 1 atom stereocenters. The van der Waals surface area contributed by atoms with E-state index in [9.17, 15) is 4.79 Å². The molecule has 2 heterocycles. The van der Waals surface area contributed by atoms with Gasteiger partial charge in [0, 0.05) is 17.7 Å². The Balaban J connectivity index is 1.27. The monoisotopic (exact) mass is 408 g/mol. The lowest BCUT2D eigenvalue weighted by Gasteiger charge is -2.24. The van der Waals surface area contributed by atoms with Crippen LogP contribution in [0.2, 0.25) is 0 Å². The molecule has 150 valence electrons. The van der Waals surface area contributed by atoms with Crippen molar-refractivity contribution in [2.45, 2.75) is 25.5 Å². The first-order valence-corrected chi connectivity index (χ1v) is 10.8. The Kier molecular flexibility index (Phi) is 6.52. The van der Waals surface area contributed by atoms with E-state index in [2.05, 4.69) is 11.1 Å². The van der Waals surface area contributed by atoms with Crippen molar-refractivity contribution >= 4 is 30.1 Å². The van der Waals surface area contributed by atoms with E-state index in [1.165, 1.54) is 4.91 Å². The van der Waals surface area contributed by atoms with Crippen LogP contribution in [0.15, 0.2) is 64.5 Å². The molecule has 5 nitrogen and oxygen atoms in total. The number of ether oxygens (including phenoxy) is 2. The van der Waals surface area contributed by atoms with E-state index in [4.69, 9.17) is 9.47 Å². The molecule has 0 aliphatic carbocycles. The first-order valence-electron chi connectivity index (χ1n) is 9.82. The van der Waals surface area contributed by atoms with Crippen LogP contribution in [0.25, 0.3) is 6.08 Å². The standard InChI is InChI=1S/C23H24N2O3S/c26-23(28-15-19-5-2-1-3-6-19)25-12-4-7-20(25)16-27-21-10-8-18(9-11-21)13-22-14-24-17-29-22/h1-3,5-6,8-11,13-14,20H,4,7,12,15-17H2/t20-/m0/s1. The average molecular weight is 409 g/mol. The summed E-state index contributed by atoms with van der Waals surface area (Å²) in [5, 5.41) is 0. The van der Waals surface area contributed by atoms with Gasteiger partial charge in [0.05, 0.1) is 11.9 Å². The van der Waals surface area contributed by atoms with E-state index in [-0.39, 0.29) is 12.1 Å². The first-order chi connectivity index (χ1) is 14.3. The van der Waals surface area contributed by atoms with Gasteiger partial charge < -0.3 is 14.4 Å². The van der Waals surface area contributed by atoms with Crippen molar-refractivity contribution < 1.29 is 14.3 Å². The molecule has 0 bridgehead atoms. The lowest BCUT2D eigenvalue weighted by atomic mass is 10.2. The SMILES string of the molecule is O=C(OCc1ccccc1)N1CCC[C@H]1COc1ccc(C=C2C=NCS2)cc1. The Bertz CT molecular complexity index is 881. The summed E-state index contributed by atoms with van der Waals surface area (Å²) in [7, 11) is 0. The highest BCUT2D eigenvalue weighted by Crippen LogP contribution is 2.24. The van der Waals surface area contributed by atoms with Crippen molar-refractivity contribution in [2.75, 3.05) is 19.0 Å². The summed E-state index contributed by atoms with van der Waals surface area (Å²) < 4.78 is 11.4. The Labute approximate surface area is 175 Å². The van der Waals surface area contributed by atoms with Crippen molar-refractivity contribution in [3.8, 4) is 5.75 Å². The smallest absolute Gasteiger partial charge is 0.410 e. The van der Waals surface area contributed by atoms with Crippen LogP contribution in [0.1, 0.15) is 24.0 Å². The van der Waals surface area contributed by atoms with E-state index >= 15 is 0 Å². The molecule has 2 aromatic carbocycles. The minimum Gasteiger partial charge on any atom is -0.491 e. The van der Waals surface area contributed by atoms with Crippen LogP contribution in [-0.2, 0) is 11.3 Å². The van der Waals surface area contributed by atoms with Gasteiger partial charge in [-0.2, -0.15) is 0 Å². The number of allylic oxidation sites excluding steroid dienone is 1. The van der Waals surface area contributed by atoms with E-state index in [1.807, 2.05) is 60.8 Å². The van der Waals surface area contributed by atoms with Gasteiger partial charge in [-0.05, 0) is 42.2 Å². The second kappa shape index (κ2) is 9.65. The Hall–Kier alpha value is -2.73. The van der Waals surface area contributed by atoms with Gasteiger partial charge in [0.15, 0.2) is 0 Å². The Morgan fingerprint density at radius 2 is 2.00 bits per heavy atom. The highest BCUT2D eigenvalue weighted by atomic mass is 32.2. The van der Waals surface area contributed by atoms with E-state index in [0.717, 1.165) is 35.6 Å². The van der Waals surface area contributed by atoms with Gasteiger partial charge in [-0.1, -0.05) is 42.5 Å². The number of nitrogens with zero attached hydrogens (tertiary/aromatic N) is 2. The molecule has 2 aromatic rings. The number of carbonyl (C=O) groups excluding carboxylic acids is 1. The van der Waals surface area contributed by atoms with Crippen LogP contribution in [0.3, 0.4) is 0 Å². The van der Waals surface area contributed by atoms with Crippen molar-refractivity contribution in [3.63, 3.8) is 0 Å². The minimum absolute atomic E-state index is 0.0474. The molecule has 0 radical (unpaired) electrons. The molecule has 4 rings (SSSR count). The minimum atomic E-state index is -0.266. The van der Waals surface area contributed by atoms with Crippen molar-refractivity contribution in [1.82, 2.24) is 4.90 Å². The molecule has 29 heavy (non-hydrogen) atoms. The van der Waals surface area contributed by atoms with Crippen LogP contribution in [0.4, 0.5) is 4.79 Å². The number of hydrogen-bond acceptors (Lipinski definition) is 5. The topological polar surface area (TPSA) is 51.1 Å². The largest absolute Gasteiger partial charge is 0.491 e. The summed E-state index contributed by atoms with van der Waals surface area (Å²) >= 11 is 1.73. The van der Waals surface area contributed by atoms with Gasteiger partial charge in [0.2, 0.25) is 0 Å². The number of likely N-dealkylation sites (tertiary alicyclic amines) is 1. The third-order valence-electron chi connectivity index (χ3n) is 4.97. The number of benzene rings is 2. The molecule has 6 heteroatoms. The van der Waals surface area contributed by atoms with E-state index in [1.54, 1.807) is 16.7 Å². The molecule has 2 aliphatic heterocycles. The fourth-order valence-electron chi connectivity index (χ4n) is 3.42. The molecule has 2 aliphatic rings. The predicted molar refractivity (Wildman–Crippen MR) is 117 cm³/mol. The van der Waals surface area contributed by atoms with Gasteiger partial charge in [-0.25, -0.2) is 4.79 Å². The summed E-state index contributed by atoms with van der Waals surface area (Å²) in [6.07, 6.45) is 5.66. The summed E-state index contributed by atoms with van der Waals surface area (Å²) in [5.74, 6) is 1.61. The van der Waals surface area contributed by atoms with Crippen molar-refractivity contribution in [2.24, 2.45) is 4.99 Å². The number of hydrogen-bond donors (Lipinski definition) is 0. The van der Waals surface area contributed by atoms with Gasteiger partial charge in [0.1, 0.15) is 19.0 Å². The lowest BCUT2D eigenvalue weighted by Crippen LogP contribution is -2.39. The summed E-state index contributed by atoms with van der Waals surface area (Å²) in [6.45, 7) is 1.49. The summed E-state index contributed by atoms with van der Waals surface area (Å²) in [4.78, 5) is 19.7. The quantitative estimate of drug-likeness (QED) is 0.676. The highest BCUT2D eigenvalue weighted by molar-refractivity contribution is 8.04. The average Bonchev–Trinajstić information content (AvgIpc) is 3.44. The molecule has 0 unspecified atom stereocenters.